The van der Waals surface area contributed by atoms with E-state index in [4.69, 9.17) is 16.0 Å². The maximum Gasteiger partial charge on any atom is 0.289 e. The number of Topliss-reactive ketones (excluding diaryl/α,β-unsaturated/α-hetero) is 1. The minimum absolute atomic E-state index is 0.0943. The largest absolute Gasteiger partial charge is 0.440 e. The van der Waals surface area contributed by atoms with Crippen LogP contribution in [0.25, 0.3) is 0 Å². The van der Waals surface area contributed by atoms with Crippen LogP contribution in [0.15, 0.2) is 16.5 Å². The molecule has 0 aliphatic carbocycles. The highest BCUT2D eigenvalue weighted by atomic mass is 35.5. The van der Waals surface area contributed by atoms with Crippen molar-refractivity contribution >= 4 is 23.3 Å². The summed E-state index contributed by atoms with van der Waals surface area (Å²) in [5.74, 6) is 0.141. The van der Waals surface area contributed by atoms with E-state index in [1.165, 1.54) is 6.07 Å². The highest BCUT2D eigenvalue weighted by Crippen LogP contribution is 2.18. The zero-order chi connectivity index (χ0) is 11.7. The van der Waals surface area contributed by atoms with Crippen molar-refractivity contribution in [3.05, 3.63) is 23.1 Å². The van der Waals surface area contributed by atoms with E-state index in [-0.39, 0.29) is 28.6 Å². The topological polar surface area (TPSA) is 50.5 Å². The van der Waals surface area contributed by atoms with Crippen LogP contribution in [0.4, 0.5) is 0 Å². The number of ketones is 1. The first-order chi connectivity index (χ1) is 7.58. The van der Waals surface area contributed by atoms with Gasteiger partial charge in [-0.05, 0) is 23.7 Å². The summed E-state index contributed by atoms with van der Waals surface area (Å²) in [5.41, 5.74) is 0. The molecule has 16 heavy (non-hydrogen) atoms. The van der Waals surface area contributed by atoms with Gasteiger partial charge in [-0.3, -0.25) is 9.59 Å². The van der Waals surface area contributed by atoms with Crippen molar-refractivity contribution in [2.45, 2.75) is 13.3 Å². The van der Waals surface area contributed by atoms with Gasteiger partial charge >= 0.3 is 0 Å². The molecule has 2 rings (SSSR count). The first-order valence-corrected chi connectivity index (χ1v) is 5.53. The molecule has 0 saturated carbocycles. The summed E-state index contributed by atoms with van der Waals surface area (Å²) in [6.07, 6.45) is 0.418. The van der Waals surface area contributed by atoms with Crippen molar-refractivity contribution in [3.63, 3.8) is 0 Å². The van der Waals surface area contributed by atoms with Crippen LogP contribution in [-0.2, 0) is 4.79 Å². The summed E-state index contributed by atoms with van der Waals surface area (Å²) in [6.45, 7) is 2.74. The predicted octanol–water partition coefficient (Wildman–Crippen LogP) is 1.98. The second kappa shape index (κ2) is 4.29. The number of piperidine rings is 1. The number of likely N-dealkylation sites (tertiary alicyclic amines) is 1. The third kappa shape index (κ3) is 2.11. The zero-order valence-electron chi connectivity index (χ0n) is 8.90. The number of furan rings is 1. The molecule has 0 spiro atoms. The lowest BCUT2D eigenvalue weighted by molar-refractivity contribution is -0.124. The summed E-state index contributed by atoms with van der Waals surface area (Å²) in [5, 5.41) is 0.199. The Morgan fingerprint density at radius 2 is 2.31 bits per heavy atom. The number of carbonyl (C=O) groups excluding carboxylic acids is 2. The molecule has 1 unspecified atom stereocenters. The Morgan fingerprint density at radius 3 is 2.88 bits per heavy atom. The Balaban J connectivity index is 2.08. The number of carbonyl (C=O) groups is 2. The lowest BCUT2D eigenvalue weighted by Crippen LogP contribution is -2.43. The molecule has 1 aromatic heterocycles. The van der Waals surface area contributed by atoms with Crippen molar-refractivity contribution in [2.75, 3.05) is 13.1 Å². The molecule has 0 bridgehead atoms. The number of hydrogen-bond donors (Lipinski definition) is 0. The molecule has 1 aliphatic rings. The average Bonchev–Trinajstić information content (AvgIpc) is 2.68. The van der Waals surface area contributed by atoms with E-state index >= 15 is 0 Å². The van der Waals surface area contributed by atoms with E-state index in [9.17, 15) is 9.59 Å². The van der Waals surface area contributed by atoms with Gasteiger partial charge in [0.05, 0.1) is 0 Å². The quantitative estimate of drug-likeness (QED) is 0.756. The number of halogens is 1. The van der Waals surface area contributed by atoms with Gasteiger partial charge in [-0.2, -0.15) is 0 Å². The summed E-state index contributed by atoms with van der Waals surface area (Å²) in [6, 6.07) is 3.08. The molecule has 2 heterocycles. The number of hydrogen-bond acceptors (Lipinski definition) is 3. The monoisotopic (exact) mass is 241 g/mol. The lowest BCUT2D eigenvalue weighted by Gasteiger charge is -2.29. The Bertz CT molecular complexity index is 427. The normalized spacial score (nSPS) is 21.2. The Kier molecular flexibility index (Phi) is 3.01. The van der Waals surface area contributed by atoms with Gasteiger partial charge in [-0.1, -0.05) is 6.92 Å². The van der Waals surface area contributed by atoms with Crippen LogP contribution < -0.4 is 0 Å². The van der Waals surface area contributed by atoms with Crippen molar-refractivity contribution in [1.29, 1.82) is 0 Å². The van der Waals surface area contributed by atoms with Crippen LogP contribution in [0.5, 0.6) is 0 Å². The Morgan fingerprint density at radius 1 is 1.56 bits per heavy atom. The molecule has 0 radical (unpaired) electrons. The molecule has 4 nitrogen and oxygen atoms in total. The maximum absolute atomic E-state index is 11.9. The molecular formula is C11H12ClNO3. The molecular weight excluding hydrogens is 230 g/mol. The highest BCUT2D eigenvalue weighted by Gasteiger charge is 2.28. The van der Waals surface area contributed by atoms with Gasteiger partial charge in [0.25, 0.3) is 5.91 Å². The Hall–Kier alpha value is -1.29. The van der Waals surface area contributed by atoms with Crippen molar-refractivity contribution < 1.29 is 14.0 Å². The predicted molar refractivity (Wildman–Crippen MR) is 58.4 cm³/mol. The van der Waals surface area contributed by atoms with Gasteiger partial charge in [0.15, 0.2) is 11.0 Å². The van der Waals surface area contributed by atoms with Crippen LogP contribution in [0.2, 0.25) is 5.22 Å². The fourth-order valence-electron chi connectivity index (χ4n) is 1.78. The van der Waals surface area contributed by atoms with E-state index in [2.05, 4.69) is 0 Å². The molecule has 0 aromatic carbocycles. The minimum Gasteiger partial charge on any atom is -0.440 e. The SMILES string of the molecule is CC1CN(C(=O)c2ccc(Cl)o2)CCC1=O. The lowest BCUT2D eigenvalue weighted by atomic mass is 9.98. The summed E-state index contributed by atoms with van der Waals surface area (Å²) < 4.78 is 5.05. The standard InChI is InChI=1S/C11H12ClNO3/c1-7-6-13(5-4-8(7)14)11(15)9-2-3-10(12)16-9/h2-3,7H,4-6H2,1H3. The van der Waals surface area contributed by atoms with Gasteiger partial charge < -0.3 is 9.32 Å². The van der Waals surface area contributed by atoms with Gasteiger partial charge in [0.1, 0.15) is 5.78 Å². The fourth-order valence-corrected chi connectivity index (χ4v) is 1.93. The molecule has 1 aliphatic heterocycles. The highest BCUT2D eigenvalue weighted by molar-refractivity contribution is 6.29. The Labute approximate surface area is 98.2 Å². The van der Waals surface area contributed by atoms with E-state index < -0.39 is 0 Å². The van der Waals surface area contributed by atoms with Crippen LogP contribution in [0.1, 0.15) is 23.9 Å². The molecule has 1 atom stereocenters. The van der Waals surface area contributed by atoms with E-state index in [1.807, 2.05) is 6.92 Å². The molecule has 86 valence electrons. The van der Waals surface area contributed by atoms with Crippen molar-refractivity contribution in [1.82, 2.24) is 4.90 Å². The van der Waals surface area contributed by atoms with Gasteiger partial charge in [0.2, 0.25) is 0 Å². The van der Waals surface area contributed by atoms with Crippen LogP contribution in [-0.4, -0.2) is 29.7 Å². The summed E-state index contributed by atoms with van der Waals surface area (Å²) in [4.78, 5) is 24.9. The fraction of sp³-hybridized carbons (Fsp3) is 0.455. The molecule has 5 heteroatoms. The average molecular weight is 242 g/mol. The first-order valence-electron chi connectivity index (χ1n) is 5.15. The van der Waals surface area contributed by atoms with Crippen molar-refractivity contribution in [3.8, 4) is 0 Å². The summed E-state index contributed by atoms with van der Waals surface area (Å²) in [7, 11) is 0. The zero-order valence-corrected chi connectivity index (χ0v) is 9.66. The van der Waals surface area contributed by atoms with Gasteiger partial charge in [0, 0.05) is 25.4 Å². The van der Waals surface area contributed by atoms with E-state index in [1.54, 1.807) is 11.0 Å². The molecule has 1 amide bonds. The second-order valence-electron chi connectivity index (χ2n) is 3.97. The third-order valence-electron chi connectivity index (χ3n) is 2.74. The smallest absolute Gasteiger partial charge is 0.289 e. The molecule has 1 aromatic rings. The van der Waals surface area contributed by atoms with E-state index in [0.717, 1.165) is 0 Å². The molecule has 1 saturated heterocycles. The summed E-state index contributed by atoms with van der Waals surface area (Å²) >= 11 is 5.60. The van der Waals surface area contributed by atoms with Crippen LogP contribution in [0, 0.1) is 5.92 Å². The second-order valence-corrected chi connectivity index (χ2v) is 4.34. The van der Waals surface area contributed by atoms with Gasteiger partial charge in [-0.25, -0.2) is 0 Å². The van der Waals surface area contributed by atoms with Crippen molar-refractivity contribution in [2.24, 2.45) is 5.92 Å². The van der Waals surface area contributed by atoms with Gasteiger partial charge in [-0.15, -0.1) is 0 Å². The number of nitrogens with zero attached hydrogens (tertiary/aromatic N) is 1. The first kappa shape index (κ1) is 11.2. The molecule has 1 fully saturated rings. The number of rotatable bonds is 1. The molecule has 0 N–H and O–H groups in total. The third-order valence-corrected chi connectivity index (χ3v) is 2.95. The van der Waals surface area contributed by atoms with E-state index in [0.29, 0.717) is 19.5 Å². The minimum atomic E-state index is -0.203. The maximum atomic E-state index is 11.9. The number of amides is 1. The van der Waals surface area contributed by atoms with Crippen LogP contribution in [0.3, 0.4) is 0 Å². The van der Waals surface area contributed by atoms with Crippen LogP contribution >= 0.6 is 11.6 Å².